The molecule has 1 aliphatic rings. The maximum atomic E-state index is 13.1. The van der Waals surface area contributed by atoms with Gasteiger partial charge in [-0.15, -0.1) is 0 Å². The van der Waals surface area contributed by atoms with Gasteiger partial charge in [0.2, 0.25) is 0 Å². The Morgan fingerprint density at radius 3 is 2.88 bits per heavy atom. The summed E-state index contributed by atoms with van der Waals surface area (Å²) in [6.45, 7) is 2.00. The van der Waals surface area contributed by atoms with E-state index in [4.69, 9.17) is 17.3 Å². The van der Waals surface area contributed by atoms with Crippen molar-refractivity contribution in [3.8, 4) is 0 Å². The van der Waals surface area contributed by atoms with Crippen molar-refractivity contribution in [1.29, 1.82) is 0 Å². The van der Waals surface area contributed by atoms with E-state index in [9.17, 15) is 4.39 Å². The molecule has 2 rings (SSSR count). The summed E-state index contributed by atoms with van der Waals surface area (Å²) in [5.41, 5.74) is 6.32. The Morgan fingerprint density at radius 2 is 2.25 bits per heavy atom. The molecule has 2 N–H and O–H groups in total. The standard InChI is InChI=1S/C12H14ClFN2/c1-12(6-2-3-11(15)16-12)8-4-5-10(14)9(13)7-8/h4-5,7H,2-3,6H2,1H3,(H2,15,16). The van der Waals surface area contributed by atoms with Crippen LogP contribution in [0.15, 0.2) is 23.2 Å². The van der Waals surface area contributed by atoms with E-state index in [0.717, 1.165) is 24.8 Å². The van der Waals surface area contributed by atoms with Crippen molar-refractivity contribution >= 4 is 17.4 Å². The predicted molar refractivity (Wildman–Crippen MR) is 64.2 cm³/mol. The normalized spacial score (nSPS) is 25.3. The van der Waals surface area contributed by atoms with Gasteiger partial charge in [-0.3, -0.25) is 4.99 Å². The molecule has 2 nitrogen and oxygen atoms in total. The second-order valence-corrected chi connectivity index (χ2v) is 4.77. The molecular formula is C12H14ClFN2. The number of hydrogen-bond acceptors (Lipinski definition) is 2. The fourth-order valence-corrected chi connectivity index (χ4v) is 2.26. The number of nitrogens with zero attached hydrogens (tertiary/aromatic N) is 1. The van der Waals surface area contributed by atoms with Crippen molar-refractivity contribution in [3.05, 3.63) is 34.6 Å². The Bertz CT molecular complexity index is 445. The lowest BCUT2D eigenvalue weighted by Gasteiger charge is -2.30. The molecule has 0 saturated carbocycles. The zero-order valence-corrected chi connectivity index (χ0v) is 9.89. The summed E-state index contributed by atoms with van der Waals surface area (Å²) >= 11 is 5.78. The summed E-state index contributed by atoms with van der Waals surface area (Å²) in [6.07, 6.45) is 2.75. The highest BCUT2D eigenvalue weighted by Gasteiger charge is 2.29. The van der Waals surface area contributed by atoms with Crippen molar-refractivity contribution in [3.63, 3.8) is 0 Å². The van der Waals surface area contributed by atoms with Gasteiger partial charge in [-0.25, -0.2) is 4.39 Å². The van der Waals surface area contributed by atoms with Crippen LogP contribution < -0.4 is 5.73 Å². The Balaban J connectivity index is 2.43. The van der Waals surface area contributed by atoms with Crippen LogP contribution in [0.4, 0.5) is 4.39 Å². The first-order valence-corrected chi connectivity index (χ1v) is 5.69. The van der Waals surface area contributed by atoms with Gasteiger partial charge in [-0.1, -0.05) is 17.7 Å². The zero-order valence-electron chi connectivity index (χ0n) is 9.13. The second kappa shape index (κ2) is 4.06. The molecule has 1 aliphatic heterocycles. The van der Waals surface area contributed by atoms with E-state index < -0.39 is 5.82 Å². The van der Waals surface area contributed by atoms with Crippen LogP contribution in [0.2, 0.25) is 5.02 Å². The molecule has 0 aliphatic carbocycles. The summed E-state index contributed by atoms with van der Waals surface area (Å²) < 4.78 is 13.1. The number of halogens is 2. The van der Waals surface area contributed by atoms with Gasteiger partial charge in [-0.05, 0) is 37.5 Å². The van der Waals surface area contributed by atoms with Crippen molar-refractivity contribution in [2.75, 3.05) is 0 Å². The van der Waals surface area contributed by atoms with Crippen LogP contribution in [0.3, 0.4) is 0 Å². The summed E-state index contributed by atoms with van der Waals surface area (Å²) in [5.74, 6) is 0.260. The Morgan fingerprint density at radius 1 is 1.50 bits per heavy atom. The summed E-state index contributed by atoms with van der Waals surface area (Å²) in [4.78, 5) is 4.47. The molecule has 1 aromatic carbocycles. The van der Waals surface area contributed by atoms with Gasteiger partial charge in [0, 0.05) is 6.42 Å². The molecule has 0 amide bonds. The molecule has 1 unspecified atom stereocenters. The van der Waals surface area contributed by atoms with Gasteiger partial charge in [0.15, 0.2) is 0 Å². The van der Waals surface area contributed by atoms with E-state index in [1.54, 1.807) is 12.1 Å². The molecule has 4 heteroatoms. The smallest absolute Gasteiger partial charge is 0.141 e. The number of hydrogen-bond donors (Lipinski definition) is 1. The number of benzene rings is 1. The largest absolute Gasteiger partial charge is 0.387 e. The molecule has 1 heterocycles. The van der Waals surface area contributed by atoms with Gasteiger partial charge in [0.25, 0.3) is 0 Å². The first kappa shape index (κ1) is 11.4. The Kier molecular flexibility index (Phi) is 2.89. The SMILES string of the molecule is CC1(c2ccc(F)c(Cl)c2)CCCC(N)=N1. The Labute approximate surface area is 99.3 Å². The van der Waals surface area contributed by atoms with Crippen LogP contribution in [0, 0.1) is 5.82 Å². The molecule has 0 fully saturated rings. The van der Waals surface area contributed by atoms with Crippen LogP contribution in [0.5, 0.6) is 0 Å². The van der Waals surface area contributed by atoms with E-state index >= 15 is 0 Å². The van der Waals surface area contributed by atoms with E-state index in [1.165, 1.54) is 6.07 Å². The molecule has 86 valence electrons. The highest BCUT2D eigenvalue weighted by molar-refractivity contribution is 6.30. The molecule has 0 spiro atoms. The first-order chi connectivity index (χ1) is 7.51. The molecule has 0 bridgehead atoms. The quantitative estimate of drug-likeness (QED) is 0.804. The summed E-state index contributed by atoms with van der Waals surface area (Å²) in [5, 5.41) is 0.137. The van der Waals surface area contributed by atoms with Gasteiger partial charge in [0.05, 0.1) is 16.4 Å². The second-order valence-electron chi connectivity index (χ2n) is 4.36. The average Bonchev–Trinajstić information content (AvgIpc) is 2.21. The maximum absolute atomic E-state index is 13.1. The number of amidine groups is 1. The van der Waals surface area contributed by atoms with E-state index in [0.29, 0.717) is 5.84 Å². The van der Waals surface area contributed by atoms with Crippen molar-refractivity contribution < 1.29 is 4.39 Å². The molecular weight excluding hydrogens is 227 g/mol. The third-order valence-electron chi connectivity index (χ3n) is 3.03. The number of aliphatic imine (C=N–C) groups is 1. The highest BCUT2D eigenvalue weighted by atomic mass is 35.5. The lowest BCUT2D eigenvalue weighted by Crippen LogP contribution is -2.29. The molecule has 0 aromatic heterocycles. The van der Waals surface area contributed by atoms with E-state index in [2.05, 4.69) is 4.99 Å². The average molecular weight is 241 g/mol. The molecule has 1 aromatic rings. The van der Waals surface area contributed by atoms with Crippen LogP contribution in [-0.4, -0.2) is 5.84 Å². The Hall–Kier alpha value is -1.09. The van der Waals surface area contributed by atoms with Gasteiger partial charge in [0.1, 0.15) is 5.82 Å². The topological polar surface area (TPSA) is 38.4 Å². The molecule has 1 atom stereocenters. The molecule has 0 radical (unpaired) electrons. The predicted octanol–water partition coefficient (Wildman–Crippen LogP) is 3.24. The number of nitrogens with two attached hydrogens (primary N) is 1. The fourth-order valence-electron chi connectivity index (χ4n) is 2.08. The first-order valence-electron chi connectivity index (χ1n) is 5.31. The van der Waals surface area contributed by atoms with E-state index in [1.807, 2.05) is 6.92 Å². The zero-order chi connectivity index (χ0) is 11.8. The maximum Gasteiger partial charge on any atom is 0.141 e. The van der Waals surface area contributed by atoms with Gasteiger partial charge >= 0.3 is 0 Å². The number of rotatable bonds is 1. The summed E-state index contributed by atoms with van der Waals surface area (Å²) in [6, 6.07) is 4.74. The lowest BCUT2D eigenvalue weighted by molar-refractivity contribution is 0.423. The van der Waals surface area contributed by atoms with Crippen LogP contribution >= 0.6 is 11.6 Å². The van der Waals surface area contributed by atoms with Crippen LogP contribution in [-0.2, 0) is 5.54 Å². The third-order valence-corrected chi connectivity index (χ3v) is 3.32. The van der Waals surface area contributed by atoms with Crippen molar-refractivity contribution in [1.82, 2.24) is 0 Å². The van der Waals surface area contributed by atoms with Gasteiger partial charge < -0.3 is 5.73 Å². The molecule has 16 heavy (non-hydrogen) atoms. The summed E-state index contributed by atoms with van der Waals surface area (Å²) in [7, 11) is 0. The van der Waals surface area contributed by atoms with Gasteiger partial charge in [-0.2, -0.15) is 0 Å². The third kappa shape index (κ3) is 2.05. The lowest BCUT2D eigenvalue weighted by atomic mass is 9.85. The van der Waals surface area contributed by atoms with Crippen LogP contribution in [0.1, 0.15) is 31.7 Å². The van der Waals surface area contributed by atoms with E-state index in [-0.39, 0.29) is 10.6 Å². The monoisotopic (exact) mass is 240 g/mol. The molecule has 0 saturated heterocycles. The minimum atomic E-state index is -0.401. The minimum absolute atomic E-state index is 0.137. The van der Waals surface area contributed by atoms with Crippen molar-refractivity contribution in [2.45, 2.75) is 31.7 Å². The highest BCUT2D eigenvalue weighted by Crippen LogP contribution is 2.35. The minimum Gasteiger partial charge on any atom is -0.387 e. The van der Waals surface area contributed by atoms with Crippen molar-refractivity contribution in [2.24, 2.45) is 10.7 Å². The fraction of sp³-hybridized carbons (Fsp3) is 0.417. The van der Waals surface area contributed by atoms with Crippen LogP contribution in [0.25, 0.3) is 0 Å².